The van der Waals surface area contributed by atoms with E-state index >= 15 is 0 Å². The van der Waals surface area contributed by atoms with Crippen LogP contribution in [-0.4, -0.2) is 21.0 Å². The average molecular weight is 290 g/mol. The van der Waals surface area contributed by atoms with Gasteiger partial charge >= 0.3 is 30.5 Å². The van der Waals surface area contributed by atoms with Crippen LogP contribution in [0.3, 0.4) is 0 Å². The summed E-state index contributed by atoms with van der Waals surface area (Å²) >= 11 is -5.69. The standard InChI is InChI=1S/HIO4.H2O4S/c2-1(3,4)5;1-5(2,3)4/h2H;(H2,1,2,3,4). The molecule has 0 aromatic carbocycles. The van der Waals surface area contributed by atoms with Crippen LogP contribution in [0.2, 0.25) is 0 Å². The first-order chi connectivity index (χ1) is 4.00. The van der Waals surface area contributed by atoms with Gasteiger partial charge in [0.2, 0.25) is 0 Å². The van der Waals surface area contributed by atoms with Gasteiger partial charge in [-0.25, -0.2) is 0 Å². The van der Waals surface area contributed by atoms with Crippen molar-refractivity contribution in [2.45, 2.75) is 0 Å². The molecule has 0 amide bonds. The summed E-state index contributed by atoms with van der Waals surface area (Å²) in [5.41, 5.74) is 0. The van der Waals surface area contributed by atoms with Gasteiger partial charge in [-0.05, 0) is 0 Å². The Kier molecular flexibility index (Phi) is 5.68. The highest BCUT2D eigenvalue weighted by Gasteiger charge is 2.11. The molecule has 0 bridgehead atoms. The van der Waals surface area contributed by atoms with Crippen LogP contribution < -0.4 is 30.4 Å². The van der Waals surface area contributed by atoms with E-state index in [1.54, 1.807) is 0 Å². The minimum atomic E-state index is -5.69. The Morgan fingerprint density at radius 3 is 1.10 bits per heavy atom. The van der Waals surface area contributed by atoms with E-state index < -0.39 is 30.5 Å². The van der Waals surface area contributed by atoms with E-state index in [4.69, 9.17) is 31.3 Å². The topological polar surface area (TPSA) is 164 Å². The van der Waals surface area contributed by atoms with E-state index in [9.17, 15) is 0 Å². The third kappa shape index (κ3) is 2410. The molecule has 0 spiro atoms. The van der Waals surface area contributed by atoms with Gasteiger partial charge in [0, 0.05) is 3.44 Å². The average Bonchev–Trinajstić information content (AvgIpc) is 1.12. The van der Waals surface area contributed by atoms with Crippen molar-refractivity contribution in [2.75, 3.05) is 0 Å². The lowest BCUT2D eigenvalue weighted by molar-refractivity contribution is -1.92. The van der Waals surface area contributed by atoms with Crippen LogP contribution in [0.15, 0.2) is 0 Å². The van der Waals surface area contributed by atoms with Crippen molar-refractivity contribution < 1.29 is 51.4 Å². The summed E-state index contributed by atoms with van der Waals surface area (Å²) in [4.78, 5) is 0. The summed E-state index contributed by atoms with van der Waals surface area (Å²) in [6.45, 7) is 0. The molecule has 0 radical (unpaired) electrons. The van der Waals surface area contributed by atoms with Gasteiger partial charge < -0.3 is 0 Å². The van der Waals surface area contributed by atoms with Gasteiger partial charge in [0.25, 0.3) is 0 Å². The highest BCUT2D eigenvalue weighted by Crippen LogP contribution is 1.59. The maximum atomic E-state index is 8.74. The first-order valence-electron chi connectivity index (χ1n) is 1.33. The molecule has 0 atom stereocenters. The van der Waals surface area contributed by atoms with E-state index in [1.165, 1.54) is 0 Å². The number of hydrogen-bond acceptors (Lipinski definition) is 6. The monoisotopic (exact) mass is 290 g/mol. The molecule has 0 unspecified atom stereocenters. The molecule has 10 heavy (non-hydrogen) atoms. The van der Waals surface area contributed by atoms with Crippen LogP contribution in [-0.2, 0) is 10.4 Å². The van der Waals surface area contributed by atoms with Crippen LogP contribution in [0.25, 0.3) is 0 Å². The second-order valence-electron chi connectivity index (χ2n) is 0.844. The van der Waals surface area contributed by atoms with Crippen molar-refractivity contribution in [1.82, 2.24) is 0 Å². The van der Waals surface area contributed by atoms with Crippen molar-refractivity contribution in [3.63, 3.8) is 0 Å². The summed E-state index contributed by atoms with van der Waals surface area (Å²) in [5.74, 6) is 0. The van der Waals surface area contributed by atoms with Gasteiger partial charge in [0.05, 0.1) is 0 Å². The molecular formula is H3IO8S. The lowest BCUT2D eigenvalue weighted by Gasteiger charge is -1.93. The van der Waals surface area contributed by atoms with Crippen LogP contribution in [0.1, 0.15) is 0 Å². The SMILES string of the molecule is O=S(=O)(O)O.[O-][I+3]([O-])([O-])O. The van der Waals surface area contributed by atoms with Crippen molar-refractivity contribution in [3.8, 4) is 0 Å². The predicted molar refractivity (Wildman–Crippen MR) is 16.4 cm³/mol. The molecule has 0 saturated carbocycles. The predicted octanol–water partition coefficient (Wildman–Crippen LogP) is -7.77. The zero-order valence-electron chi connectivity index (χ0n) is 4.17. The second kappa shape index (κ2) is 4.35. The fourth-order valence-corrected chi connectivity index (χ4v) is 0. The van der Waals surface area contributed by atoms with Gasteiger partial charge in [0.15, 0.2) is 0 Å². The Morgan fingerprint density at radius 2 is 1.10 bits per heavy atom. The first-order valence-corrected chi connectivity index (χ1v) is 6.33. The van der Waals surface area contributed by atoms with Crippen LogP contribution in [0.5, 0.6) is 0 Å². The molecule has 64 valence electrons. The summed E-state index contributed by atoms with van der Waals surface area (Å²) in [6, 6.07) is 0. The van der Waals surface area contributed by atoms with Crippen molar-refractivity contribution >= 4 is 10.4 Å². The van der Waals surface area contributed by atoms with Crippen LogP contribution >= 0.6 is 0 Å². The number of halogens is 1. The normalized spacial score (nSPS) is 11.8. The van der Waals surface area contributed by atoms with Gasteiger partial charge in [0.1, 0.15) is 0 Å². The number of rotatable bonds is 0. The summed E-state index contributed by atoms with van der Waals surface area (Å²) < 4.78 is 64.8. The third-order valence-electron chi connectivity index (χ3n) is 0. The minimum absolute atomic E-state index is 4.67. The number of hydrogen-bond donors (Lipinski definition) is 3. The Morgan fingerprint density at radius 1 is 1.10 bits per heavy atom. The molecule has 0 aliphatic carbocycles. The molecule has 0 aromatic heterocycles. The molecule has 0 aliphatic rings. The quantitative estimate of drug-likeness (QED) is 0.292. The summed E-state index contributed by atoms with van der Waals surface area (Å²) in [7, 11) is -4.67. The van der Waals surface area contributed by atoms with E-state index in [2.05, 4.69) is 0 Å². The fourth-order valence-electron chi connectivity index (χ4n) is 0. The smallest absolute Gasteiger partial charge is 0.264 e. The van der Waals surface area contributed by atoms with Gasteiger partial charge in [-0.2, -0.15) is 8.42 Å². The largest absolute Gasteiger partial charge is 0.394 e. The van der Waals surface area contributed by atoms with Crippen molar-refractivity contribution in [1.29, 1.82) is 0 Å². The zero-order valence-corrected chi connectivity index (χ0v) is 7.14. The fraction of sp³-hybridized carbons (Fsp3) is 0. The maximum Gasteiger partial charge on any atom is 0.394 e. The molecule has 0 rings (SSSR count). The van der Waals surface area contributed by atoms with E-state index in [0.29, 0.717) is 0 Å². The zero-order chi connectivity index (χ0) is 9.00. The maximum absolute atomic E-state index is 8.74. The lowest BCUT2D eigenvalue weighted by Crippen LogP contribution is -4.23. The molecule has 3 N–H and O–H groups in total. The van der Waals surface area contributed by atoms with Crippen LogP contribution in [0.4, 0.5) is 0 Å². The van der Waals surface area contributed by atoms with Gasteiger partial charge in [-0.15, -0.1) is 0 Å². The van der Waals surface area contributed by atoms with Crippen molar-refractivity contribution in [2.24, 2.45) is 0 Å². The highest BCUT2D eigenvalue weighted by atomic mass is 127. The Labute approximate surface area is 62.0 Å². The van der Waals surface area contributed by atoms with Crippen molar-refractivity contribution in [3.05, 3.63) is 0 Å². The van der Waals surface area contributed by atoms with Gasteiger partial charge in [-0.1, -0.05) is 0 Å². The molecule has 0 fully saturated rings. The van der Waals surface area contributed by atoms with Gasteiger partial charge in [-0.3, -0.25) is 19.4 Å². The molecule has 0 heterocycles. The highest BCUT2D eigenvalue weighted by molar-refractivity contribution is 7.79. The molecule has 0 aliphatic heterocycles. The molecule has 10 heteroatoms. The summed E-state index contributed by atoms with van der Waals surface area (Å²) in [6.07, 6.45) is 0. The molecule has 8 nitrogen and oxygen atoms in total. The Balaban J connectivity index is 0. The Bertz CT molecular complexity index is 144. The van der Waals surface area contributed by atoms with Crippen LogP contribution in [0, 0.1) is 0 Å². The van der Waals surface area contributed by atoms with E-state index in [-0.39, 0.29) is 0 Å². The second-order valence-corrected chi connectivity index (χ2v) is 4.00. The van der Waals surface area contributed by atoms with E-state index in [0.717, 1.165) is 0 Å². The minimum Gasteiger partial charge on any atom is -0.264 e. The first kappa shape index (κ1) is 13.1. The summed E-state index contributed by atoms with van der Waals surface area (Å²) in [5, 5.41) is 0. The molecule has 0 aromatic rings. The van der Waals surface area contributed by atoms with E-state index in [1.807, 2.05) is 0 Å². The molecular weight excluding hydrogens is 287 g/mol. The third-order valence-corrected chi connectivity index (χ3v) is 0. The molecule has 0 saturated heterocycles. The lowest BCUT2D eigenvalue weighted by atomic mass is 15.8. The Hall–Kier alpha value is 0.440.